The van der Waals surface area contributed by atoms with Crippen molar-refractivity contribution in [3.05, 3.63) is 78.4 Å². The largest absolute Gasteiger partial charge is 0.452 e. The van der Waals surface area contributed by atoms with Crippen LogP contribution in [0.3, 0.4) is 0 Å². The number of amides is 1. The molecule has 0 radical (unpaired) electrons. The number of esters is 1. The van der Waals surface area contributed by atoms with Gasteiger partial charge in [0.25, 0.3) is 5.91 Å². The monoisotopic (exact) mass is 410 g/mol. The van der Waals surface area contributed by atoms with Gasteiger partial charge in [0.05, 0.1) is 16.8 Å². The zero-order chi connectivity index (χ0) is 21.2. The molecule has 0 atom stereocenters. The number of aromatic nitrogens is 1. The van der Waals surface area contributed by atoms with Crippen molar-refractivity contribution in [2.24, 2.45) is 0 Å². The second-order valence-electron chi connectivity index (χ2n) is 7.76. The summed E-state index contributed by atoms with van der Waals surface area (Å²) in [6.45, 7) is 1.23. The van der Waals surface area contributed by atoms with Crippen LogP contribution >= 0.6 is 0 Å². The van der Waals surface area contributed by atoms with E-state index in [2.05, 4.69) is 12.1 Å². The number of pyridine rings is 1. The molecular formula is C26H22N2O3. The van der Waals surface area contributed by atoms with E-state index in [-0.39, 0.29) is 12.5 Å². The number of para-hydroxylation sites is 1. The van der Waals surface area contributed by atoms with E-state index in [1.807, 2.05) is 54.6 Å². The predicted octanol–water partition coefficient (Wildman–Crippen LogP) is 4.83. The lowest BCUT2D eigenvalue weighted by molar-refractivity contribution is -0.133. The van der Waals surface area contributed by atoms with E-state index in [9.17, 15) is 9.59 Å². The minimum atomic E-state index is -0.507. The van der Waals surface area contributed by atoms with Gasteiger partial charge in [0.2, 0.25) is 0 Å². The van der Waals surface area contributed by atoms with Crippen molar-refractivity contribution in [2.75, 3.05) is 19.7 Å². The molecule has 0 spiro atoms. The number of hydrogen-bond donors (Lipinski definition) is 0. The highest BCUT2D eigenvalue weighted by atomic mass is 16.5. The molecule has 0 bridgehead atoms. The van der Waals surface area contributed by atoms with Gasteiger partial charge in [0.15, 0.2) is 6.61 Å². The molecule has 1 saturated heterocycles. The number of likely N-dealkylation sites (tertiary alicyclic amines) is 1. The molecule has 2 heterocycles. The average Bonchev–Trinajstić information content (AvgIpc) is 3.36. The quantitative estimate of drug-likeness (QED) is 0.452. The highest BCUT2D eigenvalue weighted by molar-refractivity contribution is 6.06. The molecule has 1 fully saturated rings. The summed E-state index contributed by atoms with van der Waals surface area (Å²) in [6, 6.07) is 23.4. The van der Waals surface area contributed by atoms with Crippen molar-refractivity contribution in [3.8, 4) is 11.3 Å². The Balaban J connectivity index is 1.53. The third-order valence-electron chi connectivity index (χ3n) is 5.79. The minimum absolute atomic E-state index is 0.140. The van der Waals surface area contributed by atoms with E-state index in [0.717, 1.165) is 42.3 Å². The second-order valence-corrected chi connectivity index (χ2v) is 7.76. The lowest BCUT2D eigenvalue weighted by Gasteiger charge is -2.15. The molecule has 0 saturated carbocycles. The maximum atomic E-state index is 13.0. The van der Waals surface area contributed by atoms with Gasteiger partial charge >= 0.3 is 5.97 Å². The Bertz CT molecular complexity index is 1290. The summed E-state index contributed by atoms with van der Waals surface area (Å²) in [4.78, 5) is 31.9. The van der Waals surface area contributed by atoms with Crippen LogP contribution in [0.4, 0.5) is 0 Å². The Morgan fingerprint density at radius 3 is 2.42 bits per heavy atom. The van der Waals surface area contributed by atoms with E-state index in [1.54, 1.807) is 11.0 Å². The average molecular weight is 410 g/mol. The Morgan fingerprint density at radius 1 is 0.871 bits per heavy atom. The SMILES string of the molecule is O=C(OCC(=O)N1CCCC1)c1cc(-c2cccc3ccccc23)nc2ccccc12. The summed E-state index contributed by atoms with van der Waals surface area (Å²) in [6.07, 6.45) is 2.01. The zero-order valence-electron chi connectivity index (χ0n) is 17.1. The van der Waals surface area contributed by atoms with Gasteiger partial charge in [-0.15, -0.1) is 0 Å². The number of rotatable bonds is 4. The number of carbonyl (C=O) groups is 2. The van der Waals surface area contributed by atoms with Crippen LogP contribution in [0, 0.1) is 0 Å². The molecule has 5 heteroatoms. The summed E-state index contributed by atoms with van der Waals surface area (Å²) in [5, 5.41) is 2.89. The normalized spacial score (nSPS) is 13.6. The van der Waals surface area contributed by atoms with Gasteiger partial charge in [0, 0.05) is 24.0 Å². The zero-order valence-corrected chi connectivity index (χ0v) is 17.1. The van der Waals surface area contributed by atoms with E-state index in [4.69, 9.17) is 9.72 Å². The van der Waals surface area contributed by atoms with Gasteiger partial charge in [-0.25, -0.2) is 9.78 Å². The molecule has 0 N–H and O–H groups in total. The number of benzene rings is 3. The fourth-order valence-electron chi connectivity index (χ4n) is 4.19. The molecule has 31 heavy (non-hydrogen) atoms. The summed E-state index contributed by atoms with van der Waals surface area (Å²) in [5.41, 5.74) is 2.79. The van der Waals surface area contributed by atoms with Crippen LogP contribution in [-0.2, 0) is 9.53 Å². The van der Waals surface area contributed by atoms with Gasteiger partial charge in [0.1, 0.15) is 0 Å². The first-order valence-corrected chi connectivity index (χ1v) is 10.5. The van der Waals surface area contributed by atoms with Crippen molar-refractivity contribution in [3.63, 3.8) is 0 Å². The van der Waals surface area contributed by atoms with E-state index < -0.39 is 5.97 Å². The first-order valence-electron chi connectivity index (χ1n) is 10.5. The maximum absolute atomic E-state index is 13.0. The molecule has 1 aromatic heterocycles. The summed E-state index contributed by atoms with van der Waals surface area (Å²) >= 11 is 0. The molecule has 1 amide bonds. The number of hydrogen-bond acceptors (Lipinski definition) is 4. The van der Waals surface area contributed by atoms with Gasteiger partial charge in [-0.3, -0.25) is 4.79 Å². The number of carbonyl (C=O) groups excluding carboxylic acids is 2. The first-order chi connectivity index (χ1) is 15.2. The van der Waals surface area contributed by atoms with Gasteiger partial charge < -0.3 is 9.64 Å². The van der Waals surface area contributed by atoms with Gasteiger partial charge in [-0.1, -0.05) is 60.7 Å². The van der Waals surface area contributed by atoms with Crippen molar-refractivity contribution >= 4 is 33.6 Å². The fourth-order valence-corrected chi connectivity index (χ4v) is 4.19. The number of ether oxygens (including phenoxy) is 1. The molecule has 154 valence electrons. The lowest BCUT2D eigenvalue weighted by atomic mass is 9.99. The van der Waals surface area contributed by atoms with Crippen LogP contribution in [0.15, 0.2) is 72.8 Å². The number of fused-ring (bicyclic) bond motifs is 2. The third-order valence-corrected chi connectivity index (χ3v) is 5.79. The second kappa shape index (κ2) is 8.19. The molecule has 0 unspecified atom stereocenters. The van der Waals surface area contributed by atoms with Crippen LogP contribution in [0.1, 0.15) is 23.2 Å². The van der Waals surface area contributed by atoms with Gasteiger partial charge in [-0.05, 0) is 35.7 Å². The predicted molar refractivity (Wildman–Crippen MR) is 121 cm³/mol. The van der Waals surface area contributed by atoms with Crippen molar-refractivity contribution in [1.82, 2.24) is 9.88 Å². The standard InChI is InChI=1S/C26H22N2O3/c29-25(28-14-5-6-15-28)17-31-26(30)22-16-24(27-23-13-4-3-11-21(22)23)20-12-7-9-18-8-1-2-10-19(18)20/h1-4,7-13,16H,5-6,14-15,17H2. The molecule has 0 aliphatic carbocycles. The Labute approximate surface area is 180 Å². The topological polar surface area (TPSA) is 59.5 Å². The number of nitrogens with zero attached hydrogens (tertiary/aromatic N) is 2. The van der Waals surface area contributed by atoms with Crippen LogP contribution in [-0.4, -0.2) is 41.5 Å². The molecule has 1 aliphatic rings. The Morgan fingerprint density at radius 2 is 1.58 bits per heavy atom. The van der Waals surface area contributed by atoms with E-state index >= 15 is 0 Å². The Hall–Kier alpha value is -3.73. The van der Waals surface area contributed by atoms with E-state index in [1.165, 1.54) is 0 Å². The minimum Gasteiger partial charge on any atom is -0.452 e. The highest BCUT2D eigenvalue weighted by Crippen LogP contribution is 2.30. The molecule has 1 aliphatic heterocycles. The molecule has 3 aromatic carbocycles. The molecular weight excluding hydrogens is 388 g/mol. The molecule has 4 aromatic rings. The summed E-state index contributed by atoms with van der Waals surface area (Å²) < 4.78 is 5.43. The fraction of sp³-hybridized carbons (Fsp3) is 0.192. The van der Waals surface area contributed by atoms with Crippen molar-refractivity contribution in [2.45, 2.75) is 12.8 Å². The van der Waals surface area contributed by atoms with Crippen LogP contribution < -0.4 is 0 Å². The molecule has 5 nitrogen and oxygen atoms in total. The molecule has 5 rings (SSSR count). The summed E-state index contributed by atoms with van der Waals surface area (Å²) in [7, 11) is 0. The third kappa shape index (κ3) is 3.75. The maximum Gasteiger partial charge on any atom is 0.339 e. The van der Waals surface area contributed by atoms with Crippen molar-refractivity contribution < 1.29 is 14.3 Å². The lowest BCUT2D eigenvalue weighted by Crippen LogP contribution is -2.32. The van der Waals surface area contributed by atoms with Crippen LogP contribution in [0.25, 0.3) is 32.9 Å². The first kappa shape index (κ1) is 19.2. The van der Waals surface area contributed by atoms with Crippen molar-refractivity contribution in [1.29, 1.82) is 0 Å². The van der Waals surface area contributed by atoms with E-state index in [0.29, 0.717) is 22.2 Å². The smallest absolute Gasteiger partial charge is 0.339 e. The summed E-state index contributed by atoms with van der Waals surface area (Å²) in [5.74, 6) is -0.647. The highest BCUT2D eigenvalue weighted by Gasteiger charge is 2.21. The van der Waals surface area contributed by atoms with Gasteiger partial charge in [-0.2, -0.15) is 0 Å². The van der Waals surface area contributed by atoms with Crippen LogP contribution in [0.5, 0.6) is 0 Å². The van der Waals surface area contributed by atoms with Crippen LogP contribution in [0.2, 0.25) is 0 Å². The Kier molecular flexibility index (Phi) is 5.08.